The first kappa shape index (κ1) is 21.7. The number of hydrogen-bond donors (Lipinski definition) is 0. The molecule has 31 heavy (non-hydrogen) atoms. The van der Waals surface area contributed by atoms with Crippen molar-refractivity contribution >= 4 is 34.7 Å². The molecule has 162 valence electrons. The Labute approximate surface area is 189 Å². The molecule has 2 aliphatic heterocycles. The Morgan fingerprint density at radius 2 is 1.84 bits per heavy atom. The second-order valence-electron chi connectivity index (χ2n) is 9.45. The zero-order valence-corrected chi connectivity index (χ0v) is 19.7. The van der Waals surface area contributed by atoms with Crippen molar-refractivity contribution in [3.8, 4) is 0 Å². The highest BCUT2D eigenvalue weighted by atomic mass is 32.2. The Bertz CT molecular complexity index is 1040. The van der Waals surface area contributed by atoms with E-state index < -0.39 is 0 Å². The van der Waals surface area contributed by atoms with E-state index in [1.807, 2.05) is 36.4 Å². The van der Waals surface area contributed by atoms with Gasteiger partial charge in [0, 0.05) is 17.3 Å². The molecule has 1 atom stereocenters. The first-order valence-corrected chi connectivity index (χ1v) is 11.7. The molecule has 2 heterocycles. The number of benzene rings is 2. The zero-order chi connectivity index (χ0) is 22.3. The molecule has 0 aromatic heterocycles. The Balaban J connectivity index is 1.62. The topological polar surface area (TPSA) is 40.6 Å². The van der Waals surface area contributed by atoms with Crippen LogP contribution in [-0.2, 0) is 11.3 Å². The lowest BCUT2D eigenvalue weighted by molar-refractivity contribution is -0.123. The van der Waals surface area contributed by atoms with Gasteiger partial charge in [-0.25, -0.2) is 0 Å². The van der Waals surface area contributed by atoms with Crippen LogP contribution in [-0.4, -0.2) is 27.6 Å². The predicted molar refractivity (Wildman–Crippen MR) is 129 cm³/mol. The summed E-state index contributed by atoms with van der Waals surface area (Å²) in [7, 11) is 0. The zero-order valence-electron chi connectivity index (χ0n) is 18.9. The lowest BCUT2D eigenvalue weighted by Gasteiger charge is -2.50. The average Bonchev–Trinajstić information content (AvgIpc) is 2.95. The molecule has 0 spiro atoms. The normalized spacial score (nSPS) is 21.9. The molecule has 1 fully saturated rings. The molecule has 4 rings (SSSR count). The van der Waals surface area contributed by atoms with Crippen molar-refractivity contribution < 1.29 is 9.59 Å². The Morgan fingerprint density at radius 3 is 2.52 bits per heavy atom. The highest BCUT2D eigenvalue weighted by Gasteiger charge is 2.38. The highest BCUT2D eigenvalue weighted by molar-refractivity contribution is 8.18. The summed E-state index contributed by atoms with van der Waals surface area (Å²) in [6, 6.07) is 16.5. The maximum absolute atomic E-state index is 12.9. The predicted octanol–water partition coefficient (Wildman–Crippen LogP) is 6.42. The van der Waals surface area contributed by atoms with E-state index in [1.165, 1.54) is 16.2 Å². The molecule has 2 aromatic rings. The molecule has 0 aliphatic carbocycles. The molecule has 2 amide bonds. The summed E-state index contributed by atoms with van der Waals surface area (Å²) in [5, 5.41) is -0.209. The summed E-state index contributed by atoms with van der Waals surface area (Å²) < 4.78 is 0. The minimum atomic E-state index is -0.213. The number of carbonyl (C=O) groups excluding carboxylic acids is 2. The van der Waals surface area contributed by atoms with Gasteiger partial charge in [-0.05, 0) is 86.7 Å². The molecule has 2 aromatic carbocycles. The van der Waals surface area contributed by atoms with Gasteiger partial charge in [-0.15, -0.1) is 0 Å². The van der Waals surface area contributed by atoms with Gasteiger partial charge in [0.05, 0.1) is 11.4 Å². The Hall–Kier alpha value is -2.53. The van der Waals surface area contributed by atoms with Crippen molar-refractivity contribution in [2.45, 2.75) is 65.1 Å². The molecule has 0 radical (unpaired) electrons. The number of rotatable bonds is 4. The van der Waals surface area contributed by atoms with E-state index in [-0.39, 0.29) is 16.7 Å². The largest absolute Gasteiger partial charge is 0.364 e. The van der Waals surface area contributed by atoms with E-state index in [2.05, 4.69) is 57.7 Å². The smallest absolute Gasteiger partial charge is 0.293 e. The van der Waals surface area contributed by atoms with Crippen molar-refractivity contribution in [3.05, 3.63) is 70.1 Å². The lowest BCUT2D eigenvalue weighted by atomic mass is 9.79. The Kier molecular flexibility index (Phi) is 5.73. The van der Waals surface area contributed by atoms with Crippen LogP contribution in [0.15, 0.2) is 53.4 Å². The van der Waals surface area contributed by atoms with Crippen LogP contribution >= 0.6 is 11.8 Å². The molecule has 0 unspecified atom stereocenters. The van der Waals surface area contributed by atoms with E-state index in [0.717, 1.165) is 29.3 Å². The third-order valence-corrected chi connectivity index (χ3v) is 7.08. The number of thioether (sulfide) groups is 1. The number of amides is 2. The van der Waals surface area contributed by atoms with Gasteiger partial charge in [0.1, 0.15) is 0 Å². The SMILES string of the molecule is CC(C)N1c2ccc(/C=C3\SC(=O)N(Cc4ccccc4)C3=O)cc2[C@H](C)CC1(C)C. The van der Waals surface area contributed by atoms with Gasteiger partial charge in [-0.1, -0.05) is 43.3 Å². The second kappa shape index (κ2) is 8.19. The van der Waals surface area contributed by atoms with Gasteiger partial charge >= 0.3 is 0 Å². The molecule has 4 nitrogen and oxygen atoms in total. The van der Waals surface area contributed by atoms with Crippen LogP contribution in [0.4, 0.5) is 10.5 Å². The fourth-order valence-electron chi connectivity index (χ4n) is 5.09. The van der Waals surface area contributed by atoms with Crippen molar-refractivity contribution in [3.63, 3.8) is 0 Å². The first-order chi connectivity index (χ1) is 14.7. The average molecular weight is 435 g/mol. The summed E-state index contributed by atoms with van der Waals surface area (Å²) in [5.74, 6) is 0.219. The molecule has 0 bridgehead atoms. The summed E-state index contributed by atoms with van der Waals surface area (Å²) in [4.78, 5) is 29.7. The first-order valence-electron chi connectivity index (χ1n) is 10.9. The summed E-state index contributed by atoms with van der Waals surface area (Å²) in [6.45, 7) is 11.7. The molecule has 2 aliphatic rings. The van der Waals surface area contributed by atoms with Crippen LogP contribution in [0.25, 0.3) is 6.08 Å². The third kappa shape index (κ3) is 4.16. The summed E-state index contributed by atoms with van der Waals surface area (Å²) >= 11 is 1.03. The maximum Gasteiger partial charge on any atom is 0.293 e. The van der Waals surface area contributed by atoms with Gasteiger partial charge in [-0.3, -0.25) is 14.5 Å². The van der Waals surface area contributed by atoms with Crippen LogP contribution in [0.5, 0.6) is 0 Å². The number of fused-ring (bicyclic) bond motifs is 1. The molecule has 1 saturated heterocycles. The van der Waals surface area contributed by atoms with Gasteiger partial charge in [0.15, 0.2) is 0 Å². The van der Waals surface area contributed by atoms with Gasteiger partial charge < -0.3 is 4.90 Å². The molecular formula is C26H30N2O2S. The van der Waals surface area contributed by atoms with Gasteiger partial charge in [0.25, 0.3) is 11.1 Å². The van der Waals surface area contributed by atoms with Crippen molar-refractivity contribution in [1.29, 1.82) is 0 Å². The highest BCUT2D eigenvalue weighted by Crippen LogP contribution is 2.45. The van der Waals surface area contributed by atoms with Crippen LogP contribution in [0.3, 0.4) is 0 Å². The minimum Gasteiger partial charge on any atom is -0.364 e. The number of carbonyl (C=O) groups is 2. The van der Waals surface area contributed by atoms with E-state index in [9.17, 15) is 9.59 Å². The standard InChI is InChI=1S/C26H30N2O2S/c1-17(2)28-22-12-11-20(13-21(22)18(3)15-26(28,4)5)14-23-24(29)27(25(30)31-23)16-19-9-7-6-8-10-19/h6-14,17-18H,15-16H2,1-5H3/b23-14-/t18-/m1/s1. The Morgan fingerprint density at radius 1 is 1.13 bits per heavy atom. The molecule has 0 saturated carbocycles. The van der Waals surface area contributed by atoms with E-state index in [0.29, 0.717) is 23.4 Å². The lowest BCUT2D eigenvalue weighted by Crippen LogP contribution is -2.51. The van der Waals surface area contributed by atoms with Crippen molar-refractivity contribution in [2.24, 2.45) is 0 Å². The van der Waals surface area contributed by atoms with Crippen LogP contribution in [0.2, 0.25) is 0 Å². The van der Waals surface area contributed by atoms with Crippen molar-refractivity contribution in [1.82, 2.24) is 4.90 Å². The van der Waals surface area contributed by atoms with Crippen LogP contribution < -0.4 is 4.90 Å². The van der Waals surface area contributed by atoms with E-state index >= 15 is 0 Å². The monoisotopic (exact) mass is 434 g/mol. The molecule has 5 heteroatoms. The third-order valence-electron chi connectivity index (χ3n) is 6.17. The van der Waals surface area contributed by atoms with Gasteiger partial charge in [0.2, 0.25) is 0 Å². The number of nitrogens with zero attached hydrogens (tertiary/aromatic N) is 2. The fraction of sp³-hybridized carbons (Fsp3) is 0.385. The van der Waals surface area contributed by atoms with E-state index in [4.69, 9.17) is 0 Å². The van der Waals surface area contributed by atoms with Crippen molar-refractivity contribution in [2.75, 3.05) is 4.90 Å². The van der Waals surface area contributed by atoms with Crippen LogP contribution in [0.1, 0.15) is 63.6 Å². The number of hydrogen-bond acceptors (Lipinski definition) is 4. The summed E-state index contributed by atoms with van der Waals surface area (Å²) in [6.07, 6.45) is 2.94. The second-order valence-corrected chi connectivity index (χ2v) is 10.4. The number of anilines is 1. The maximum atomic E-state index is 12.9. The quantitative estimate of drug-likeness (QED) is 0.520. The fourth-order valence-corrected chi connectivity index (χ4v) is 5.93. The minimum absolute atomic E-state index is 0.0994. The van der Waals surface area contributed by atoms with E-state index in [1.54, 1.807) is 0 Å². The number of imide groups is 1. The van der Waals surface area contributed by atoms with Crippen LogP contribution in [0, 0.1) is 0 Å². The molecule has 0 N–H and O–H groups in total. The summed E-state index contributed by atoms with van der Waals surface area (Å²) in [5.41, 5.74) is 4.60. The van der Waals surface area contributed by atoms with Gasteiger partial charge in [-0.2, -0.15) is 0 Å². The molecular weight excluding hydrogens is 404 g/mol.